The van der Waals surface area contributed by atoms with E-state index in [-0.39, 0.29) is 0 Å². The monoisotopic (exact) mass is 345 g/mol. The van der Waals surface area contributed by atoms with Gasteiger partial charge in [0, 0.05) is 21.3 Å². The van der Waals surface area contributed by atoms with Gasteiger partial charge in [0.25, 0.3) is 0 Å². The summed E-state index contributed by atoms with van der Waals surface area (Å²) in [6, 6.07) is 17.4. The highest BCUT2D eigenvalue weighted by Crippen LogP contribution is 2.33. The molecule has 0 fully saturated rings. The van der Waals surface area contributed by atoms with Crippen molar-refractivity contribution in [3.63, 3.8) is 0 Å². The molecule has 23 heavy (non-hydrogen) atoms. The zero-order chi connectivity index (χ0) is 16.4. The van der Waals surface area contributed by atoms with Crippen molar-refractivity contribution in [2.24, 2.45) is 0 Å². The first-order chi connectivity index (χ1) is 11.1. The van der Waals surface area contributed by atoms with Crippen molar-refractivity contribution in [2.45, 2.75) is 6.04 Å². The second-order valence-electron chi connectivity index (χ2n) is 5.11. The van der Waals surface area contributed by atoms with Crippen LogP contribution in [-0.2, 0) is 4.79 Å². The lowest BCUT2D eigenvalue weighted by Gasteiger charge is -2.19. The van der Waals surface area contributed by atoms with Gasteiger partial charge in [-0.3, -0.25) is 0 Å². The molecule has 0 saturated heterocycles. The Labute approximate surface area is 143 Å². The Kier molecular flexibility index (Phi) is 4.42. The normalized spacial score (nSPS) is 12.1. The van der Waals surface area contributed by atoms with Crippen LogP contribution < -0.4 is 5.32 Å². The second kappa shape index (κ2) is 6.49. The summed E-state index contributed by atoms with van der Waals surface area (Å²) in [6.45, 7) is 0. The maximum absolute atomic E-state index is 11.7. The van der Waals surface area contributed by atoms with Gasteiger partial charge in [-0.25, -0.2) is 4.79 Å². The largest absolute Gasteiger partial charge is 0.479 e. The average Bonchev–Trinajstić information content (AvgIpc) is 2.53. The van der Waals surface area contributed by atoms with Crippen molar-refractivity contribution in [3.05, 3.63) is 76.3 Å². The first-order valence-electron chi connectivity index (χ1n) is 6.98. The summed E-state index contributed by atoms with van der Waals surface area (Å²) >= 11 is 12.3. The van der Waals surface area contributed by atoms with E-state index in [1.807, 2.05) is 42.5 Å². The number of nitrogens with one attached hydrogen (secondary N) is 1. The molecular weight excluding hydrogens is 333 g/mol. The van der Waals surface area contributed by atoms with Gasteiger partial charge in [0.2, 0.25) is 0 Å². The Hall–Kier alpha value is -2.23. The number of carboxylic acid groups (broad SMARTS) is 1. The van der Waals surface area contributed by atoms with Gasteiger partial charge in [0.1, 0.15) is 0 Å². The summed E-state index contributed by atoms with van der Waals surface area (Å²) < 4.78 is 0. The van der Waals surface area contributed by atoms with Crippen LogP contribution in [0.5, 0.6) is 0 Å². The Bertz CT molecular complexity index is 860. The van der Waals surface area contributed by atoms with E-state index in [0.29, 0.717) is 21.3 Å². The van der Waals surface area contributed by atoms with Gasteiger partial charge in [-0.2, -0.15) is 0 Å². The van der Waals surface area contributed by atoms with E-state index in [1.54, 1.807) is 18.2 Å². The lowest BCUT2D eigenvalue weighted by Crippen LogP contribution is -2.21. The smallest absolute Gasteiger partial charge is 0.330 e. The van der Waals surface area contributed by atoms with Crippen LogP contribution in [0.15, 0.2) is 60.7 Å². The molecule has 1 unspecified atom stereocenters. The van der Waals surface area contributed by atoms with E-state index >= 15 is 0 Å². The van der Waals surface area contributed by atoms with Crippen molar-refractivity contribution >= 4 is 45.6 Å². The number of aliphatic carboxylic acids is 1. The summed E-state index contributed by atoms with van der Waals surface area (Å²) in [6.07, 6.45) is 0. The first-order valence-corrected chi connectivity index (χ1v) is 7.74. The summed E-state index contributed by atoms with van der Waals surface area (Å²) in [7, 11) is 0. The van der Waals surface area contributed by atoms with Crippen molar-refractivity contribution in [1.29, 1.82) is 0 Å². The van der Waals surface area contributed by atoms with Crippen molar-refractivity contribution in [3.8, 4) is 0 Å². The number of anilines is 1. The third kappa shape index (κ3) is 3.26. The summed E-state index contributed by atoms with van der Waals surface area (Å²) in [5, 5.41) is 15.3. The number of fused-ring (bicyclic) bond motifs is 1. The summed E-state index contributed by atoms with van der Waals surface area (Å²) in [4.78, 5) is 11.7. The number of benzene rings is 3. The Balaban J connectivity index is 2.00. The molecule has 5 heteroatoms. The molecule has 3 aromatic carbocycles. The number of halogens is 2. The quantitative estimate of drug-likeness (QED) is 0.666. The van der Waals surface area contributed by atoms with Crippen molar-refractivity contribution in [1.82, 2.24) is 0 Å². The van der Waals surface area contributed by atoms with Gasteiger partial charge in [-0.1, -0.05) is 59.6 Å². The van der Waals surface area contributed by atoms with Crippen LogP contribution in [0, 0.1) is 0 Å². The van der Waals surface area contributed by atoms with E-state index in [1.165, 1.54) is 0 Å². The van der Waals surface area contributed by atoms with Crippen LogP contribution >= 0.6 is 23.2 Å². The van der Waals surface area contributed by atoms with Gasteiger partial charge in [-0.05, 0) is 35.0 Å². The molecular formula is C18H13Cl2NO2. The molecule has 3 rings (SSSR count). The van der Waals surface area contributed by atoms with Crippen molar-refractivity contribution < 1.29 is 9.90 Å². The topological polar surface area (TPSA) is 49.3 Å². The molecule has 1 atom stereocenters. The lowest BCUT2D eigenvalue weighted by atomic mass is 10.1. The molecule has 116 valence electrons. The molecule has 3 aromatic rings. The highest BCUT2D eigenvalue weighted by molar-refractivity contribution is 6.36. The zero-order valence-electron chi connectivity index (χ0n) is 12.0. The van der Waals surface area contributed by atoms with E-state index in [2.05, 4.69) is 5.32 Å². The Morgan fingerprint density at radius 2 is 1.57 bits per heavy atom. The van der Waals surface area contributed by atoms with Gasteiger partial charge in [0.05, 0.1) is 0 Å². The maximum atomic E-state index is 11.7. The molecule has 0 heterocycles. The number of carbonyl (C=O) groups is 1. The minimum absolute atomic E-state index is 0.318. The summed E-state index contributed by atoms with van der Waals surface area (Å²) in [5.41, 5.74) is 1.04. The molecule has 0 spiro atoms. The van der Waals surface area contributed by atoms with E-state index in [0.717, 1.165) is 10.8 Å². The summed E-state index contributed by atoms with van der Waals surface area (Å²) in [5.74, 6) is -1.05. The average molecular weight is 346 g/mol. The minimum Gasteiger partial charge on any atom is -0.479 e. The fourth-order valence-corrected chi connectivity index (χ4v) is 3.11. The molecule has 3 nitrogen and oxygen atoms in total. The number of carboxylic acids is 1. The van der Waals surface area contributed by atoms with E-state index in [9.17, 15) is 9.90 Å². The number of rotatable bonds is 4. The van der Waals surface area contributed by atoms with Crippen LogP contribution in [0.2, 0.25) is 10.0 Å². The Morgan fingerprint density at radius 1 is 0.913 bits per heavy atom. The molecule has 0 aromatic heterocycles. The fraction of sp³-hybridized carbons (Fsp3) is 0.0556. The van der Waals surface area contributed by atoms with Gasteiger partial charge < -0.3 is 10.4 Å². The van der Waals surface area contributed by atoms with Crippen LogP contribution in [0.1, 0.15) is 11.6 Å². The second-order valence-corrected chi connectivity index (χ2v) is 5.93. The number of hydrogen-bond donors (Lipinski definition) is 2. The molecule has 0 bridgehead atoms. The molecule has 0 amide bonds. The predicted molar refractivity (Wildman–Crippen MR) is 94.4 cm³/mol. The Morgan fingerprint density at radius 3 is 2.22 bits per heavy atom. The third-order valence-electron chi connectivity index (χ3n) is 3.60. The SMILES string of the molecule is O=C(O)C(Nc1ccc2ccccc2c1)c1c(Cl)cccc1Cl. The van der Waals surface area contributed by atoms with Gasteiger partial charge in [-0.15, -0.1) is 0 Å². The molecule has 0 aliphatic carbocycles. The van der Waals surface area contributed by atoms with E-state index in [4.69, 9.17) is 23.2 Å². The molecule has 0 saturated carbocycles. The van der Waals surface area contributed by atoms with Gasteiger partial charge in [0.15, 0.2) is 6.04 Å². The molecule has 2 N–H and O–H groups in total. The third-order valence-corrected chi connectivity index (χ3v) is 4.25. The standard InChI is InChI=1S/C18H13Cl2NO2/c19-14-6-3-7-15(20)16(14)17(18(22)23)21-13-9-8-11-4-1-2-5-12(11)10-13/h1-10,17,21H,(H,22,23). The number of hydrogen-bond acceptors (Lipinski definition) is 2. The molecule has 0 aliphatic heterocycles. The minimum atomic E-state index is -1.05. The fourth-order valence-electron chi connectivity index (χ4n) is 2.49. The van der Waals surface area contributed by atoms with Gasteiger partial charge >= 0.3 is 5.97 Å². The zero-order valence-corrected chi connectivity index (χ0v) is 13.5. The highest BCUT2D eigenvalue weighted by atomic mass is 35.5. The highest BCUT2D eigenvalue weighted by Gasteiger charge is 2.24. The van der Waals surface area contributed by atoms with E-state index < -0.39 is 12.0 Å². The van der Waals surface area contributed by atoms with Crippen LogP contribution in [0.3, 0.4) is 0 Å². The molecule has 0 radical (unpaired) electrons. The van der Waals surface area contributed by atoms with Crippen molar-refractivity contribution in [2.75, 3.05) is 5.32 Å². The molecule has 0 aliphatic rings. The lowest BCUT2D eigenvalue weighted by molar-refractivity contribution is -0.138. The maximum Gasteiger partial charge on any atom is 0.330 e. The van der Waals surface area contributed by atoms with Crippen LogP contribution in [0.25, 0.3) is 10.8 Å². The van der Waals surface area contributed by atoms with Crippen LogP contribution in [-0.4, -0.2) is 11.1 Å². The first kappa shape index (κ1) is 15.7. The predicted octanol–water partition coefficient (Wildman–Crippen LogP) is 5.38. The van der Waals surface area contributed by atoms with Crippen LogP contribution in [0.4, 0.5) is 5.69 Å².